The number of nitrogens with zero attached hydrogens (tertiary/aromatic N) is 2. The molecule has 7 heteroatoms. The smallest absolute Gasteiger partial charge is 0.220 e. The summed E-state index contributed by atoms with van der Waals surface area (Å²) < 4.78 is 1.07. The highest BCUT2D eigenvalue weighted by atomic mass is 79.9. The second-order valence-electron chi connectivity index (χ2n) is 6.27. The van der Waals surface area contributed by atoms with Gasteiger partial charge in [-0.3, -0.25) is 9.79 Å². The number of likely N-dealkylation sites (tertiary alicyclic amines) is 1. The van der Waals surface area contributed by atoms with Crippen LogP contribution in [0.5, 0.6) is 0 Å². The third-order valence-electron chi connectivity index (χ3n) is 4.56. The first-order chi connectivity index (χ1) is 12.0. The lowest BCUT2D eigenvalue weighted by atomic mass is 9.93. The quantitative estimate of drug-likeness (QED) is 0.559. The van der Waals surface area contributed by atoms with Gasteiger partial charge in [0.15, 0.2) is 5.96 Å². The molecule has 0 aromatic heterocycles. The number of hydrogen-bond acceptors (Lipinski definition) is 2. The van der Waals surface area contributed by atoms with Gasteiger partial charge in [-0.1, -0.05) is 27.5 Å². The summed E-state index contributed by atoms with van der Waals surface area (Å²) >= 11 is 9.63. The van der Waals surface area contributed by atoms with Crippen molar-refractivity contribution in [1.82, 2.24) is 15.5 Å². The van der Waals surface area contributed by atoms with Gasteiger partial charge in [0.2, 0.25) is 5.91 Å². The van der Waals surface area contributed by atoms with Crippen LogP contribution in [0.25, 0.3) is 0 Å². The van der Waals surface area contributed by atoms with Crippen LogP contribution in [-0.4, -0.2) is 50.5 Å². The Morgan fingerprint density at radius 2 is 2.12 bits per heavy atom. The minimum atomic E-state index is 0.132. The van der Waals surface area contributed by atoms with Crippen LogP contribution < -0.4 is 10.6 Å². The van der Waals surface area contributed by atoms with Gasteiger partial charge in [-0.2, -0.15) is 0 Å². The van der Waals surface area contributed by atoms with Crippen molar-refractivity contribution in [2.75, 3.05) is 33.7 Å². The Morgan fingerprint density at radius 3 is 2.76 bits per heavy atom. The number of rotatable bonds is 5. The van der Waals surface area contributed by atoms with Gasteiger partial charge in [-0.05, 0) is 48.9 Å². The van der Waals surface area contributed by atoms with Gasteiger partial charge in [0.25, 0.3) is 0 Å². The first-order valence-corrected chi connectivity index (χ1v) is 9.80. The third kappa shape index (κ3) is 6.19. The monoisotopic (exact) mass is 428 g/mol. The molecular formula is C18H26BrClN4O. The van der Waals surface area contributed by atoms with Gasteiger partial charge in [0.05, 0.1) is 0 Å². The molecule has 0 bridgehead atoms. The number of nitrogens with one attached hydrogen (secondary N) is 2. The van der Waals surface area contributed by atoms with E-state index in [0.717, 1.165) is 54.4 Å². The van der Waals surface area contributed by atoms with Crippen LogP contribution in [-0.2, 0) is 11.2 Å². The van der Waals surface area contributed by atoms with Crippen LogP contribution in [0.15, 0.2) is 27.7 Å². The van der Waals surface area contributed by atoms with Gasteiger partial charge in [0.1, 0.15) is 0 Å². The van der Waals surface area contributed by atoms with Gasteiger partial charge < -0.3 is 15.5 Å². The SMILES string of the molecule is CN=C(NCCc1cc(Cl)ccc1Br)N1CCC(CC(=O)NC)CC1. The summed E-state index contributed by atoms with van der Waals surface area (Å²) in [5.74, 6) is 1.53. The topological polar surface area (TPSA) is 56.7 Å². The molecule has 0 radical (unpaired) electrons. The zero-order chi connectivity index (χ0) is 18.2. The Bertz CT molecular complexity index is 615. The van der Waals surface area contributed by atoms with E-state index in [1.165, 1.54) is 5.56 Å². The van der Waals surface area contributed by atoms with E-state index >= 15 is 0 Å². The summed E-state index contributed by atoms with van der Waals surface area (Å²) in [5, 5.41) is 6.89. The van der Waals surface area contributed by atoms with Gasteiger partial charge in [0, 0.05) is 49.6 Å². The number of benzene rings is 1. The molecule has 2 rings (SSSR count). The molecule has 25 heavy (non-hydrogen) atoms. The predicted octanol–water partition coefficient (Wildman–Crippen LogP) is 3.07. The molecule has 0 atom stereocenters. The van der Waals surface area contributed by atoms with E-state index in [9.17, 15) is 4.79 Å². The van der Waals surface area contributed by atoms with Crippen LogP contribution in [0.4, 0.5) is 0 Å². The van der Waals surface area contributed by atoms with Crippen molar-refractivity contribution in [3.05, 3.63) is 33.3 Å². The fraction of sp³-hybridized carbons (Fsp3) is 0.556. The number of hydrogen-bond donors (Lipinski definition) is 2. The number of carbonyl (C=O) groups excluding carboxylic acids is 1. The zero-order valence-electron chi connectivity index (χ0n) is 14.8. The minimum absolute atomic E-state index is 0.132. The van der Waals surface area contributed by atoms with Crippen molar-refractivity contribution in [3.63, 3.8) is 0 Å². The molecule has 1 fully saturated rings. The first kappa shape index (κ1) is 20.0. The third-order valence-corrected chi connectivity index (χ3v) is 5.57. The second-order valence-corrected chi connectivity index (χ2v) is 7.56. The molecule has 1 heterocycles. The van der Waals surface area contributed by atoms with Crippen molar-refractivity contribution in [1.29, 1.82) is 0 Å². The predicted molar refractivity (Wildman–Crippen MR) is 107 cm³/mol. The number of piperidine rings is 1. The Hall–Kier alpha value is -1.27. The Morgan fingerprint density at radius 1 is 1.40 bits per heavy atom. The average Bonchev–Trinajstić information content (AvgIpc) is 2.62. The first-order valence-electron chi connectivity index (χ1n) is 8.63. The molecule has 5 nitrogen and oxygen atoms in total. The lowest BCUT2D eigenvalue weighted by molar-refractivity contribution is -0.121. The maximum absolute atomic E-state index is 11.5. The van der Waals surface area contributed by atoms with Crippen molar-refractivity contribution in [2.45, 2.75) is 25.7 Å². The summed E-state index contributed by atoms with van der Waals surface area (Å²) in [6, 6.07) is 5.84. The highest BCUT2D eigenvalue weighted by molar-refractivity contribution is 9.10. The number of amides is 1. The van der Waals surface area contributed by atoms with Crippen molar-refractivity contribution in [2.24, 2.45) is 10.9 Å². The van der Waals surface area contributed by atoms with Gasteiger partial charge in [-0.15, -0.1) is 0 Å². The van der Waals surface area contributed by atoms with Crippen LogP contribution in [0.3, 0.4) is 0 Å². The summed E-state index contributed by atoms with van der Waals surface area (Å²) in [5.41, 5.74) is 1.18. The van der Waals surface area contributed by atoms with Crippen LogP contribution in [0.2, 0.25) is 5.02 Å². The molecule has 0 saturated carbocycles. The van der Waals surface area contributed by atoms with Crippen molar-refractivity contribution < 1.29 is 4.79 Å². The van der Waals surface area contributed by atoms with Gasteiger partial charge >= 0.3 is 0 Å². The van der Waals surface area contributed by atoms with E-state index in [0.29, 0.717) is 12.3 Å². The molecule has 2 N–H and O–H groups in total. The van der Waals surface area contributed by atoms with E-state index in [1.54, 1.807) is 7.05 Å². The van der Waals surface area contributed by atoms with Gasteiger partial charge in [-0.25, -0.2) is 0 Å². The lowest BCUT2D eigenvalue weighted by Crippen LogP contribution is -2.46. The number of halogens is 2. The average molecular weight is 430 g/mol. The highest BCUT2D eigenvalue weighted by Crippen LogP contribution is 2.22. The molecule has 1 aromatic rings. The molecule has 1 aliphatic heterocycles. The molecule has 0 unspecified atom stereocenters. The van der Waals surface area contributed by atoms with E-state index in [-0.39, 0.29) is 5.91 Å². The number of carbonyl (C=O) groups is 1. The molecule has 1 amide bonds. The Kier molecular flexibility index (Phi) is 8.03. The molecule has 1 aromatic carbocycles. The van der Waals surface area contributed by atoms with E-state index < -0.39 is 0 Å². The maximum Gasteiger partial charge on any atom is 0.220 e. The summed E-state index contributed by atoms with van der Waals surface area (Å²) in [6.45, 7) is 2.66. The minimum Gasteiger partial charge on any atom is -0.359 e. The Balaban J connectivity index is 1.79. The maximum atomic E-state index is 11.5. The zero-order valence-corrected chi connectivity index (χ0v) is 17.2. The summed E-state index contributed by atoms with van der Waals surface area (Å²) in [7, 11) is 3.51. The van der Waals surface area contributed by atoms with Crippen molar-refractivity contribution in [3.8, 4) is 0 Å². The molecule has 1 saturated heterocycles. The summed E-state index contributed by atoms with van der Waals surface area (Å²) in [6.07, 6.45) is 3.54. The molecule has 1 aliphatic rings. The normalized spacial score (nSPS) is 16.0. The molecule has 0 aliphatic carbocycles. The van der Waals surface area contributed by atoms with E-state index in [4.69, 9.17) is 11.6 Å². The highest BCUT2D eigenvalue weighted by Gasteiger charge is 2.22. The standard InChI is InChI=1S/C18H26BrClN4O/c1-21-17(25)11-13-6-9-24(10-7-13)18(22-2)23-8-5-14-12-15(20)3-4-16(14)19/h3-4,12-13H,5-11H2,1-2H3,(H,21,25)(H,22,23). The van der Waals surface area contributed by atoms with Crippen LogP contribution in [0.1, 0.15) is 24.8 Å². The Labute approximate surface area is 163 Å². The van der Waals surface area contributed by atoms with E-state index in [2.05, 4.69) is 36.5 Å². The fourth-order valence-corrected chi connectivity index (χ4v) is 3.73. The van der Waals surface area contributed by atoms with Crippen LogP contribution in [0, 0.1) is 5.92 Å². The molecule has 0 spiro atoms. The largest absolute Gasteiger partial charge is 0.359 e. The number of guanidine groups is 1. The molecular weight excluding hydrogens is 404 g/mol. The van der Waals surface area contributed by atoms with E-state index in [1.807, 2.05) is 25.2 Å². The number of aliphatic imine (C=N–C) groups is 1. The molecule has 138 valence electrons. The lowest BCUT2D eigenvalue weighted by Gasteiger charge is -2.34. The van der Waals surface area contributed by atoms with Crippen LogP contribution >= 0.6 is 27.5 Å². The summed E-state index contributed by atoms with van der Waals surface area (Å²) in [4.78, 5) is 18.2. The van der Waals surface area contributed by atoms with Crippen molar-refractivity contribution >= 4 is 39.4 Å². The fourth-order valence-electron chi connectivity index (χ4n) is 3.09. The second kappa shape index (κ2) is 10.0.